The van der Waals surface area contributed by atoms with E-state index in [9.17, 15) is 0 Å². The van der Waals surface area contributed by atoms with Crippen molar-refractivity contribution in [2.24, 2.45) is 0 Å². The molecule has 138 valence electrons. The second-order valence-electron chi connectivity index (χ2n) is 7.61. The molecule has 1 aliphatic carbocycles. The van der Waals surface area contributed by atoms with Crippen LogP contribution in [0.15, 0.2) is 18.5 Å². The zero-order valence-corrected chi connectivity index (χ0v) is 16.2. The van der Waals surface area contributed by atoms with E-state index in [0.29, 0.717) is 0 Å². The summed E-state index contributed by atoms with van der Waals surface area (Å²) in [4.78, 5) is 14.1. The first kappa shape index (κ1) is 16.4. The molecule has 6 heteroatoms. The van der Waals surface area contributed by atoms with Crippen LogP contribution in [0.2, 0.25) is 0 Å². The number of aromatic nitrogens is 6. The molecule has 0 aliphatic heterocycles. The Morgan fingerprint density at radius 1 is 1.00 bits per heavy atom. The van der Waals surface area contributed by atoms with E-state index in [4.69, 9.17) is 9.97 Å². The highest BCUT2D eigenvalue weighted by atomic mass is 15.3. The molecular formula is C21H24N6. The minimum Gasteiger partial charge on any atom is -0.304 e. The first-order valence-corrected chi connectivity index (χ1v) is 9.78. The monoisotopic (exact) mass is 360 g/mol. The van der Waals surface area contributed by atoms with Crippen molar-refractivity contribution in [3.8, 4) is 0 Å². The molecule has 0 atom stereocenters. The van der Waals surface area contributed by atoms with Crippen LogP contribution >= 0.6 is 0 Å². The predicted octanol–water partition coefficient (Wildman–Crippen LogP) is 3.36. The van der Waals surface area contributed by atoms with Crippen LogP contribution in [0.5, 0.6) is 0 Å². The van der Waals surface area contributed by atoms with Gasteiger partial charge in [-0.05, 0) is 70.1 Å². The largest absolute Gasteiger partial charge is 0.304 e. The molecule has 0 unspecified atom stereocenters. The molecule has 0 bridgehead atoms. The van der Waals surface area contributed by atoms with Gasteiger partial charge in [-0.2, -0.15) is 5.10 Å². The van der Waals surface area contributed by atoms with Gasteiger partial charge in [-0.3, -0.25) is 4.98 Å². The molecule has 27 heavy (non-hydrogen) atoms. The highest BCUT2D eigenvalue weighted by Crippen LogP contribution is 2.26. The third-order valence-corrected chi connectivity index (χ3v) is 5.79. The quantitative estimate of drug-likeness (QED) is 0.562. The van der Waals surface area contributed by atoms with Crippen molar-refractivity contribution in [1.29, 1.82) is 0 Å². The number of imidazole rings is 1. The molecule has 4 aromatic heterocycles. The molecule has 0 N–H and O–H groups in total. The van der Waals surface area contributed by atoms with Gasteiger partial charge in [0, 0.05) is 24.5 Å². The zero-order valence-electron chi connectivity index (χ0n) is 16.2. The van der Waals surface area contributed by atoms with Crippen LogP contribution in [0.1, 0.15) is 52.6 Å². The van der Waals surface area contributed by atoms with Crippen LogP contribution < -0.4 is 0 Å². The molecule has 0 saturated carbocycles. The van der Waals surface area contributed by atoms with E-state index in [0.717, 1.165) is 53.5 Å². The van der Waals surface area contributed by atoms with Crippen molar-refractivity contribution in [2.75, 3.05) is 0 Å². The van der Waals surface area contributed by atoms with Crippen LogP contribution in [0.25, 0.3) is 11.3 Å². The molecule has 0 aromatic carbocycles. The van der Waals surface area contributed by atoms with Gasteiger partial charge in [0.25, 0.3) is 0 Å². The minimum atomic E-state index is 0.785. The molecule has 6 nitrogen and oxygen atoms in total. The highest BCUT2D eigenvalue weighted by molar-refractivity contribution is 5.55. The van der Waals surface area contributed by atoms with Crippen molar-refractivity contribution in [1.82, 2.24) is 29.0 Å². The topological polar surface area (TPSA) is 60.4 Å². The Labute approximate surface area is 158 Å². The fraction of sp³-hybridized carbons (Fsp3) is 0.429. The molecule has 0 spiro atoms. The summed E-state index contributed by atoms with van der Waals surface area (Å²) in [7, 11) is 0. The van der Waals surface area contributed by atoms with Gasteiger partial charge < -0.3 is 4.40 Å². The second-order valence-corrected chi connectivity index (χ2v) is 7.61. The maximum absolute atomic E-state index is 5.02. The lowest BCUT2D eigenvalue weighted by atomic mass is 9.93. The third-order valence-electron chi connectivity index (χ3n) is 5.79. The maximum atomic E-state index is 5.02. The summed E-state index contributed by atoms with van der Waals surface area (Å²) >= 11 is 0. The summed E-state index contributed by atoms with van der Waals surface area (Å²) in [6.45, 7) is 6.15. The van der Waals surface area contributed by atoms with Gasteiger partial charge in [-0.15, -0.1) is 0 Å². The van der Waals surface area contributed by atoms with E-state index in [-0.39, 0.29) is 0 Å². The first-order valence-electron chi connectivity index (χ1n) is 9.78. The van der Waals surface area contributed by atoms with E-state index in [1.54, 1.807) is 0 Å². The van der Waals surface area contributed by atoms with Crippen molar-refractivity contribution in [2.45, 2.75) is 59.3 Å². The van der Waals surface area contributed by atoms with Crippen molar-refractivity contribution in [3.63, 3.8) is 0 Å². The maximum Gasteiger partial charge on any atom is 0.177 e. The molecule has 5 rings (SSSR count). The van der Waals surface area contributed by atoms with E-state index in [1.807, 2.05) is 24.6 Å². The summed E-state index contributed by atoms with van der Waals surface area (Å²) < 4.78 is 4.15. The number of hydrogen-bond acceptors (Lipinski definition) is 4. The summed E-state index contributed by atoms with van der Waals surface area (Å²) in [5, 5.41) is 4.67. The van der Waals surface area contributed by atoms with Crippen LogP contribution in [0, 0.1) is 20.8 Å². The number of hydrogen-bond donors (Lipinski definition) is 0. The number of pyridine rings is 1. The summed E-state index contributed by atoms with van der Waals surface area (Å²) in [6, 6.07) is 2.28. The SMILES string of the molecule is Cc1ncc(C)n2nc(CCc3nc4c5c(ccn4c3C)CCCC5)nc12. The van der Waals surface area contributed by atoms with Crippen LogP contribution in [0.4, 0.5) is 0 Å². The molecular weight excluding hydrogens is 336 g/mol. The van der Waals surface area contributed by atoms with E-state index in [1.165, 1.54) is 36.1 Å². The van der Waals surface area contributed by atoms with Gasteiger partial charge in [0.2, 0.25) is 0 Å². The van der Waals surface area contributed by atoms with Crippen LogP contribution in [-0.2, 0) is 25.7 Å². The zero-order chi connectivity index (χ0) is 18.5. The first-order chi connectivity index (χ1) is 13.1. The Morgan fingerprint density at radius 2 is 1.85 bits per heavy atom. The number of aryl methyl sites for hydroxylation is 7. The highest BCUT2D eigenvalue weighted by Gasteiger charge is 2.18. The van der Waals surface area contributed by atoms with Gasteiger partial charge in [-0.25, -0.2) is 14.5 Å². The average Bonchev–Trinajstić information content (AvgIpc) is 3.26. The molecule has 0 fully saturated rings. The average molecular weight is 360 g/mol. The Kier molecular flexibility index (Phi) is 3.74. The Morgan fingerprint density at radius 3 is 2.70 bits per heavy atom. The molecule has 0 amide bonds. The van der Waals surface area contributed by atoms with E-state index >= 15 is 0 Å². The normalized spacial score (nSPS) is 14.2. The van der Waals surface area contributed by atoms with Gasteiger partial charge in [0.15, 0.2) is 11.5 Å². The van der Waals surface area contributed by atoms with E-state index < -0.39 is 0 Å². The molecule has 1 aliphatic rings. The Balaban J connectivity index is 1.47. The Hall–Kier alpha value is -2.76. The van der Waals surface area contributed by atoms with Crippen LogP contribution in [-0.4, -0.2) is 29.0 Å². The second kappa shape index (κ2) is 6.15. The lowest BCUT2D eigenvalue weighted by molar-refractivity contribution is 0.684. The lowest BCUT2D eigenvalue weighted by Crippen LogP contribution is -2.05. The molecule has 4 heterocycles. The molecule has 0 radical (unpaired) electrons. The summed E-state index contributed by atoms with van der Waals surface area (Å²) in [5.41, 5.74) is 9.23. The smallest absolute Gasteiger partial charge is 0.177 e. The third kappa shape index (κ3) is 2.62. The van der Waals surface area contributed by atoms with Crippen LogP contribution in [0.3, 0.4) is 0 Å². The van der Waals surface area contributed by atoms with Crippen molar-refractivity contribution < 1.29 is 0 Å². The fourth-order valence-corrected chi connectivity index (χ4v) is 4.20. The molecule has 4 aromatic rings. The number of nitrogens with zero attached hydrogens (tertiary/aromatic N) is 6. The Bertz CT molecular complexity index is 1130. The number of rotatable bonds is 3. The molecule has 0 saturated heterocycles. The van der Waals surface area contributed by atoms with Crippen molar-refractivity contribution >= 4 is 11.3 Å². The standard InChI is InChI=1S/C21H24N6/c1-13-12-22-14(2)20-24-19(25-27(13)20)9-8-18-15(3)26-11-10-16-6-4-5-7-17(16)21(26)23-18/h10-12H,4-9H2,1-3H3. The van der Waals surface area contributed by atoms with Gasteiger partial charge in [0.1, 0.15) is 5.65 Å². The minimum absolute atomic E-state index is 0.785. The van der Waals surface area contributed by atoms with Gasteiger partial charge in [0.05, 0.1) is 17.1 Å². The van der Waals surface area contributed by atoms with Gasteiger partial charge in [-0.1, -0.05) is 0 Å². The summed E-state index contributed by atoms with van der Waals surface area (Å²) in [6.07, 6.45) is 10.6. The van der Waals surface area contributed by atoms with Gasteiger partial charge >= 0.3 is 0 Å². The number of fused-ring (bicyclic) bond motifs is 4. The predicted molar refractivity (Wildman–Crippen MR) is 104 cm³/mol. The van der Waals surface area contributed by atoms with E-state index in [2.05, 4.69) is 33.7 Å². The lowest BCUT2D eigenvalue weighted by Gasteiger charge is -2.16. The van der Waals surface area contributed by atoms with Crippen molar-refractivity contribution in [3.05, 3.63) is 58.2 Å². The summed E-state index contributed by atoms with van der Waals surface area (Å²) in [5.74, 6) is 0.854. The fourth-order valence-electron chi connectivity index (χ4n) is 4.20.